The molecule has 0 spiro atoms. The lowest BCUT2D eigenvalue weighted by molar-refractivity contribution is -0.145. The lowest BCUT2D eigenvalue weighted by Gasteiger charge is -2.19. The number of rotatable bonds is 8. The van der Waals surface area contributed by atoms with Gasteiger partial charge in [0.15, 0.2) is 18.1 Å². The standard InChI is InChI=1S/C21H22O7/c1-4-25-18(22)12-27-19-14(9-10-17(24-3)20(19)26-5-2)13-7-6-8-15-16(13)11-28-21(15)23/h6-10H,4-5,11-12H2,1-3H3. The van der Waals surface area contributed by atoms with Gasteiger partial charge >= 0.3 is 11.9 Å². The first-order valence-electron chi connectivity index (χ1n) is 9.02. The third kappa shape index (κ3) is 3.74. The van der Waals surface area contributed by atoms with E-state index in [1.165, 1.54) is 7.11 Å². The van der Waals surface area contributed by atoms with Gasteiger partial charge in [-0.15, -0.1) is 0 Å². The van der Waals surface area contributed by atoms with Crippen molar-refractivity contribution in [3.63, 3.8) is 0 Å². The third-order valence-electron chi connectivity index (χ3n) is 4.26. The van der Waals surface area contributed by atoms with E-state index in [9.17, 15) is 9.59 Å². The smallest absolute Gasteiger partial charge is 0.344 e. The number of hydrogen-bond acceptors (Lipinski definition) is 7. The number of methoxy groups -OCH3 is 1. The molecule has 0 aliphatic carbocycles. The van der Waals surface area contributed by atoms with Gasteiger partial charge in [-0.1, -0.05) is 12.1 Å². The first kappa shape index (κ1) is 19.5. The van der Waals surface area contributed by atoms with E-state index < -0.39 is 5.97 Å². The monoisotopic (exact) mass is 386 g/mol. The van der Waals surface area contributed by atoms with E-state index in [1.54, 1.807) is 31.2 Å². The molecule has 1 aliphatic heterocycles. The molecular weight excluding hydrogens is 364 g/mol. The summed E-state index contributed by atoms with van der Waals surface area (Å²) in [5.74, 6) is 0.362. The van der Waals surface area contributed by atoms with Crippen LogP contribution in [0.2, 0.25) is 0 Å². The molecule has 0 unspecified atom stereocenters. The average molecular weight is 386 g/mol. The van der Waals surface area contributed by atoms with E-state index in [0.717, 1.165) is 11.1 Å². The lowest BCUT2D eigenvalue weighted by Crippen LogP contribution is -2.15. The normalized spacial score (nSPS) is 12.2. The highest BCUT2D eigenvalue weighted by atomic mass is 16.6. The highest BCUT2D eigenvalue weighted by molar-refractivity contribution is 5.96. The molecule has 2 aromatic rings. The van der Waals surface area contributed by atoms with Crippen molar-refractivity contribution in [3.05, 3.63) is 41.5 Å². The van der Waals surface area contributed by atoms with Gasteiger partial charge in [-0.05, 0) is 37.6 Å². The molecule has 2 aromatic carbocycles. The molecule has 148 valence electrons. The van der Waals surface area contributed by atoms with Crippen molar-refractivity contribution in [3.8, 4) is 28.4 Å². The summed E-state index contributed by atoms with van der Waals surface area (Å²) in [5.41, 5.74) is 2.72. The van der Waals surface area contributed by atoms with Gasteiger partial charge in [0.25, 0.3) is 0 Å². The van der Waals surface area contributed by atoms with Gasteiger partial charge in [0.2, 0.25) is 5.75 Å². The number of benzene rings is 2. The number of carbonyl (C=O) groups is 2. The largest absolute Gasteiger partial charge is 0.493 e. The fourth-order valence-electron chi connectivity index (χ4n) is 3.08. The molecule has 7 nitrogen and oxygen atoms in total. The minimum Gasteiger partial charge on any atom is -0.493 e. The van der Waals surface area contributed by atoms with Crippen LogP contribution in [0.4, 0.5) is 0 Å². The van der Waals surface area contributed by atoms with Crippen LogP contribution in [-0.4, -0.2) is 38.9 Å². The summed E-state index contributed by atoms with van der Waals surface area (Å²) in [6, 6.07) is 8.94. The zero-order valence-electron chi connectivity index (χ0n) is 16.1. The zero-order valence-corrected chi connectivity index (χ0v) is 16.1. The van der Waals surface area contributed by atoms with E-state index in [4.69, 9.17) is 23.7 Å². The SMILES string of the molecule is CCOC(=O)COc1c(-c2cccc3c2COC3=O)ccc(OC)c1OCC. The van der Waals surface area contributed by atoms with Crippen LogP contribution in [0.15, 0.2) is 30.3 Å². The Morgan fingerprint density at radius 1 is 1.00 bits per heavy atom. The van der Waals surface area contributed by atoms with Crippen molar-refractivity contribution >= 4 is 11.9 Å². The number of cyclic esters (lactones) is 1. The maximum Gasteiger partial charge on any atom is 0.344 e. The van der Waals surface area contributed by atoms with E-state index >= 15 is 0 Å². The Morgan fingerprint density at radius 2 is 1.79 bits per heavy atom. The Balaban J connectivity index is 2.12. The number of ether oxygens (including phenoxy) is 5. The molecule has 7 heteroatoms. The molecule has 0 amide bonds. The summed E-state index contributed by atoms with van der Waals surface area (Å²) in [4.78, 5) is 23.8. The minimum absolute atomic E-state index is 0.178. The first-order valence-corrected chi connectivity index (χ1v) is 9.02. The van der Waals surface area contributed by atoms with E-state index in [1.807, 2.05) is 13.0 Å². The van der Waals surface area contributed by atoms with Crippen molar-refractivity contribution < 1.29 is 33.3 Å². The number of carbonyl (C=O) groups excluding carboxylic acids is 2. The molecule has 0 aromatic heterocycles. The van der Waals surface area contributed by atoms with Crippen LogP contribution >= 0.6 is 0 Å². The molecule has 0 radical (unpaired) electrons. The van der Waals surface area contributed by atoms with Crippen LogP contribution < -0.4 is 14.2 Å². The summed E-state index contributed by atoms with van der Waals surface area (Å²) < 4.78 is 27.1. The van der Waals surface area contributed by atoms with Gasteiger partial charge in [-0.2, -0.15) is 0 Å². The van der Waals surface area contributed by atoms with Crippen LogP contribution in [-0.2, 0) is 20.9 Å². The molecule has 0 N–H and O–H groups in total. The predicted octanol–water partition coefficient (Wildman–Crippen LogP) is 3.37. The van der Waals surface area contributed by atoms with Gasteiger partial charge in [0, 0.05) is 11.1 Å². The predicted molar refractivity (Wildman–Crippen MR) is 101 cm³/mol. The Bertz CT molecular complexity index is 889. The Labute approximate surface area is 163 Å². The van der Waals surface area contributed by atoms with Gasteiger partial charge in [0.1, 0.15) is 6.61 Å². The maximum absolute atomic E-state index is 11.9. The molecule has 0 saturated carbocycles. The van der Waals surface area contributed by atoms with Gasteiger partial charge in [0.05, 0.1) is 25.9 Å². The minimum atomic E-state index is -0.490. The van der Waals surface area contributed by atoms with E-state index in [-0.39, 0.29) is 25.8 Å². The summed E-state index contributed by atoms with van der Waals surface area (Å²) in [6.45, 7) is 4.11. The van der Waals surface area contributed by atoms with Crippen molar-refractivity contribution in [1.29, 1.82) is 0 Å². The van der Waals surface area contributed by atoms with Crippen LogP contribution in [0.3, 0.4) is 0 Å². The van der Waals surface area contributed by atoms with Gasteiger partial charge in [-0.25, -0.2) is 9.59 Å². The molecule has 0 atom stereocenters. The number of esters is 2. The Morgan fingerprint density at radius 3 is 2.50 bits per heavy atom. The summed E-state index contributed by atoms with van der Waals surface area (Å²) >= 11 is 0. The van der Waals surface area contributed by atoms with Crippen molar-refractivity contribution in [2.24, 2.45) is 0 Å². The highest BCUT2D eigenvalue weighted by Crippen LogP contribution is 2.46. The number of fused-ring (bicyclic) bond motifs is 1. The molecule has 3 rings (SSSR count). The molecule has 1 aliphatic rings. The maximum atomic E-state index is 11.9. The summed E-state index contributed by atoms with van der Waals surface area (Å²) in [5, 5.41) is 0. The fourth-order valence-corrected chi connectivity index (χ4v) is 3.08. The first-order chi connectivity index (χ1) is 13.6. The lowest BCUT2D eigenvalue weighted by atomic mass is 9.95. The Kier molecular flexibility index (Phi) is 6.03. The second kappa shape index (κ2) is 8.65. The zero-order chi connectivity index (χ0) is 20.1. The molecule has 0 saturated heterocycles. The molecular formula is C21H22O7. The number of hydrogen-bond donors (Lipinski definition) is 0. The third-order valence-corrected chi connectivity index (χ3v) is 4.26. The van der Waals surface area contributed by atoms with Crippen LogP contribution in [0.5, 0.6) is 17.2 Å². The summed E-state index contributed by atoms with van der Waals surface area (Å²) in [7, 11) is 1.53. The highest BCUT2D eigenvalue weighted by Gasteiger charge is 2.27. The van der Waals surface area contributed by atoms with Crippen molar-refractivity contribution in [1.82, 2.24) is 0 Å². The quantitative estimate of drug-likeness (QED) is 0.644. The summed E-state index contributed by atoms with van der Waals surface area (Å²) in [6.07, 6.45) is 0. The van der Waals surface area contributed by atoms with Crippen LogP contribution in [0, 0.1) is 0 Å². The van der Waals surface area contributed by atoms with Crippen molar-refractivity contribution in [2.75, 3.05) is 26.9 Å². The average Bonchev–Trinajstić information content (AvgIpc) is 3.08. The molecule has 28 heavy (non-hydrogen) atoms. The molecule has 0 fully saturated rings. The van der Waals surface area contributed by atoms with Crippen molar-refractivity contribution in [2.45, 2.75) is 20.5 Å². The Hall–Kier alpha value is -3.22. The van der Waals surface area contributed by atoms with Crippen LogP contribution in [0.1, 0.15) is 29.8 Å². The van der Waals surface area contributed by atoms with E-state index in [2.05, 4.69) is 0 Å². The second-order valence-electron chi connectivity index (χ2n) is 5.91. The van der Waals surface area contributed by atoms with Gasteiger partial charge < -0.3 is 23.7 Å². The van der Waals surface area contributed by atoms with Gasteiger partial charge in [-0.3, -0.25) is 0 Å². The molecule has 1 heterocycles. The fraction of sp³-hybridized carbons (Fsp3) is 0.333. The van der Waals surface area contributed by atoms with Crippen LogP contribution in [0.25, 0.3) is 11.1 Å². The molecule has 0 bridgehead atoms. The van der Waals surface area contributed by atoms with E-state index in [0.29, 0.717) is 35.0 Å². The second-order valence-corrected chi connectivity index (χ2v) is 5.91. The topological polar surface area (TPSA) is 80.3 Å².